The van der Waals surface area contributed by atoms with Crippen LogP contribution in [0.2, 0.25) is 0 Å². The van der Waals surface area contributed by atoms with E-state index in [-0.39, 0.29) is 18.2 Å². The summed E-state index contributed by atoms with van der Waals surface area (Å²) in [5, 5.41) is 0. The molecule has 5 heteroatoms. The van der Waals surface area contributed by atoms with E-state index in [1.54, 1.807) is 4.90 Å². The molecule has 5 nitrogen and oxygen atoms in total. The Morgan fingerprint density at radius 1 is 1.21 bits per heavy atom. The second-order valence-corrected chi connectivity index (χ2v) is 4.78. The highest BCUT2D eigenvalue weighted by molar-refractivity contribution is 6.34. The number of carbonyl (C=O) groups excluding carboxylic acids is 2. The molecular weight excluding hydrogens is 242 g/mol. The summed E-state index contributed by atoms with van der Waals surface area (Å²) < 4.78 is 0. The molecule has 0 saturated carbocycles. The van der Waals surface area contributed by atoms with Gasteiger partial charge in [0.2, 0.25) is 0 Å². The lowest BCUT2D eigenvalue weighted by Gasteiger charge is -2.40. The molecule has 0 aromatic heterocycles. The van der Waals surface area contributed by atoms with E-state index < -0.39 is 11.8 Å². The molecule has 0 aliphatic carbocycles. The van der Waals surface area contributed by atoms with Crippen LogP contribution >= 0.6 is 0 Å². The topological polar surface area (TPSA) is 98.4 Å². The molecule has 1 aromatic rings. The molecule has 1 aromatic carbocycles. The molecule has 1 fully saturated rings. The van der Waals surface area contributed by atoms with Gasteiger partial charge in [-0.3, -0.25) is 9.59 Å². The van der Waals surface area contributed by atoms with Crippen LogP contribution in [-0.4, -0.2) is 22.8 Å². The first-order valence-corrected chi connectivity index (χ1v) is 6.28. The fraction of sp³-hybridized carbons (Fsp3) is 0.429. The molecule has 2 rings (SSSR count). The molecule has 1 aliphatic rings. The molecule has 5 N–H and O–H groups in total. The summed E-state index contributed by atoms with van der Waals surface area (Å²) in [4.78, 5) is 24.7. The van der Waals surface area contributed by atoms with Gasteiger partial charge in [-0.05, 0) is 31.7 Å². The largest absolute Gasteiger partial charge is 0.361 e. The van der Waals surface area contributed by atoms with Crippen LogP contribution in [0.15, 0.2) is 30.3 Å². The zero-order valence-electron chi connectivity index (χ0n) is 11.2. The van der Waals surface area contributed by atoms with Gasteiger partial charge in [0.1, 0.15) is 0 Å². The van der Waals surface area contributed by atoms with Gasteiger partial charge in [0, 0.05) is 6.04 Å². The number of hydrogen-bond acceptors (Lipinski definition) is 3. The molecule has 1 aliphatic heterocycles. The Bertz CT molecular complexity index is 447. The van der Waals surface area contributed by atoms with Gasteiger partial charge in [0.25, 0.3) is 0 Å². The van der Waals surface area contributed by atoms with Crippen LogP contribution in [0.25, 0.3) is 0 Å². The highest BCUT2D eigenvalue weighted by atomic mass is 16.2. The van der Waals surface area contributed by atoms with Crippen molar-refractivity contribution in [2.75, 3.05) is 0 Å². The van der Waals surface area contributed by atoms with E-state index in [4.69, 9.17) is 5.73 Å². The minimum absolute atomic E-state index is 0. The number of hydrogen-bond donors (Lipinski definition) is 2. The third-order valence-corrected chi connectivity index (χ3v) is 3.54. The lowest BCUT2D eigenvalue weighted by atomic mass is 9.91. The van der Waals surface area contributed by atoms with Gasteiger partial charge in [0.05, 0.1) is 6.04 Å². The molecule has 1 saturated heterocycles. The monoisotopic (exact) mass is 263 g/mol. The van der Waals surface area contributed by atoms with E-state index in [2.05, 4.69) is 0 Å². The standard InChI is InChI=1S/C14H18N2O2.H3N/c1-10-6-5-9-12(11-7-3-2-4-8-11)16(10)14(18)13(15)17;/h2-4,7-8,10,12H,5-6,9H2,1H3,(H2,15,17);1H3. The Balaban J connectivity index is 0.00000180. The quantitative estimate of drug-likeness (QED) is 0.755. The molecule has 2 atom stereocenters. The van der Waals surface area contributed by atoms with Gasteiger partial charge in [-0.1, -0.05) is 30.3 Å². The first-order valence-electron chi connectivity index (χ1n) is 6.28. The van der Waals surface area contributed by atoms with Crippen molar-refractivity contribution in [1.82, 2.24) is 11.1 Å². The molecule has 2 unspecified atom stereocenters. The van der Waals surface area contributed by atoms with Gasteiger partial charge in [0.15, 0.2) is 0 Å². The van der Waals surface area contributed by atoms with Gasteiger partial charge < -0.3 is 16.8 Å². The van der Waals surface area contributed by atoms with Crippen molar-refractivity contribution in [2.45, 2.75) is 38.3 Å². The Labute approximate surface area is 113 Å². The Kier molecular flexibility index (Phi) is 5.06. The first-order chi connectivity index (χ1) is 8.61. The molecule has 1 heterocycles. The number of rotatable bonds is 1. The van der Waals surface area contributed by atoms with E-state index in [1.807, 2.05) is 37.3 Å². The van der Waals surface area contributed by atoms with Crippen LogP contribution in [0.1, 0.15) is 37.8 Å². The van der Waals surface area contributed by atoms with E-state index >= 15 is 0 Å². The first kappa shape index (κ1) is 15.2. The number of primary amides is 1. The number of nitrogens with zero attached hydrogens (tertiary/aromatic N) is 1. The van der Waals surface area contributed by atoms with Gasteiger partial charge in [-0.2, -0.15) is 0 Å². The third-order valence-electron chi connectivity index (χ3n) is 3.54. The van der Waals surface area contributed by atoms with E-state index in [0.717, 1.165) is 24.8 Å². The molecular formula is C14H21N3O2. The van der Waals surface area contributed by atoms with E-state index in [1.165, 1.54) is 0 Å². The minimum atomic E-state index is -0.871. The molecule has 2 amide bonds. The van der Waals surface area contributed by atoms with Crippen LogP contribution < -0.4 is 11.9 Å². The maximum absolute atomic E-state index is 11.9. The summed E-state index contributed by atoms with van der Waals surface area (Å²) in [7, 11) is 0. The van der Waals surface area contributed by atoms with Gasteiger partial charge in [-0.15, -0.1) is 0 Å². The number of amides is 2. The summed E-state index contributed by atoms with van der Waals surface area (Å²) >= 11 is 0. The average Bonchev–Trinajstić information content (AvgIpc) is 2.38. The van der Waals surface area contributed by atoms with Gasteiger partial charge >= 0.3 is 11.8 Å². The third kappa shape index (κ3) is 3.12. The van der Waals surface area contributed by atoms with Crippen LogP contribution in [0.5, 0.6) is 0 Å². The Morgan fingerprint density at radius 3 is 2.42 bits per heavy atom. The molecule has 19 heavy (non-hydrogen) atoms. The minimum Gasteiger partial charge on any atom is -0.361 e. The highest BCUT2D eigenvalue weighted by Gasteiger charge is 2.34. The summed E-state index contributed by atoms with van der Waals surface area (Å²) in [5.74, 6) is -1.44. The summed E-state index contributed by atoms with van der Waals surface area (Å²) in [5.41, 5.74) is 6.21. The normalized spacial score (nSPS) is 22.5. The maximum Gasteiger partial charge on any atom is 0.312 e. The second kappa shape index (κ2) is 6.33. The summed E-state index contributed by atoms with van der Waals surface area (Å²) in [6.45, 7) is 1.97. The van der Waals surface area contributed by atoms with Crippen molar-refractivity contribution in [3.05, 3.63) is 35.9 Å². The smallest absolute Gasteiger partial charge is 0.312 e. The average molecular weight is 263 g/mol. The molecule has 0 radical (unpaired) electrons. The SMILES string of the molecule is CC1CCCC(c2ccccc2)N1C(=O)C(N)=O.N. The van der Waals surface area contributed by atoms with Crippen LogP contribution in [0.4, 0.5) is 0 Å². The second-order valence-electron chi connectivity index (χ2n) is 4.78. The zero-order chi connectivity index (χ0) is 13.1. The Hall–Kier alpha value is -1.88. The fourth-order valence-corrected chi connectivity index (χ4v) is 2.66. The van der Waals surface area contributed by atoms with Crippen molar-refractivity contribution in [2.24, 2.45) is 5.73 Å². The fourth-order valence-electron chi connectivity index (χ4n) is 2.66. The molecule has 0 bridgehead atoms. The van der Waals surface area contributed by atoms with Crippen molar-refractivity contribution < 1.29 is 9.59 Å². The van der Waals surface area contributed by atoms with E-state index in [9.17, 15) is 9.59 Å². The van der Waals surface area contributed by atoms with E-state index in [0.29, 0.717) is 0 Å². The number of carbonyl (C=O) groups is 2. The maximum atomic E-state index is 11.9. The lowest BCUT2D eigenvalue weighted by molar-refractivity contribution is -0.149. The number of likely N-dealkylation sites (tertiary alicyclic amines) is 1. The van der Waals surface area contributed by atoms with Crippen LogP contribution in [0, 0.1) is 0 Å². The van der Waals surface area contributed by atoms with Crippen molar-refractivity contribution >= 4 is 11.8 Å². The number of benzene rings is 1. The lowest BCUT2D eigenvalue weighted by Crippen LogP contribution is -2.49. The van der Waals surface area contributed by atoms with Crippen LogP contribution in [0.3, 0.4) is 0 Å². The summed E-state index contributed by atoms with van der Waals surface area (Å²) in [6.07, 6.45) is 2.86. The zero-order valence-corrected chi connectivity index (χ0v) is 11.2. The van der Waals surface area contributed by atoms with Crippen molar-refractivity contribution in [3.63, 3.8) is 0 Å². The van der Waals surface area contributed by atoms with Crippen molar-refractivity contribution in [1.29, 1.82) is 0 Å². The predicted octanol–water partition coefficient (Wildman–Crippen LogP) is 1.78. The summed E-state index contributed by atoms with van der Waals surface area (Å²) in [6, 6.07) is 9.84. The number of nitrogens with two attached hydrogens (primary N) is 1. The van der Waals surface area contributed by atoms with Crippen LogP contribution in [-0.2, 0) is 9.59 Å². The number of piperidine rings is 1. The van der Waals surface area contributed by atoms with Crippen molar-refractivity contribution in [3.8, 4) is 0 Å². The molecule has 0 spiro atoms. The predicted molar refractivity (Wildman–Crippen MR) is 73.6 cm³/mol. The van der Waals surface area contributed by atoms with Gasteiger partial charge in [-0.25, -0.2) is 0 Å². The Morgan fingerprint density at radius 2 is 1.84 bits per heavy atom. The molecule has 104 valence electrons. The highest BCUT2D eigenvalue weighted by Crippen LogP contribution is 2.34.